The monoisotopic (exact) mass is 205 g/mol. The van der Waals surface area contributed by atoms with Crippen LogP contribution >= 0.6 is 0 Å². The third kappa shape index (κ3) is 2.45. The summed E-state index contributed by atoms with van der Waals surface area (Å²) >= 11 is 0. The lowest BCUT2D eigenvalue weighted by Gasteiger charge is -2.06. The summed E-state index contributed by atoms with van der Waals surface area (Å²) in [4.78, 5) is 0. The predicted octanol–water partition coefficient (Wildman–Crippen LogP) is 2.72. The zero-order chi connectivity index (χ0) is 10.8. The maximum absolute atomic E-state index is 12.9. The minimum atomic E-state index is -0.159. The quantitative estimate of drug-likeness (QED) is 0.738. The third-order valence-electron chi connectivity index (χ3n) is 2.97. The van der Waals surface area contributed by atoms with Crippen molar-refractivity contribution in [3.8, 4) is 0 Å². The Bertz CT molecular complexity index is 396. The molecule has 1 atom stereocenters. The second-order valence-corrected chi connectivity index (χ2v) is 4.28. The van der Waals surface area contributed by atoms with E-state index in [0.29, 0.717) is 0 Å². The van der Waals surface area contributed by atoms with E-state index in [0.717, 1.165) is 24.8 Å². The van der Waals surface area contributed by atoms with Crippen LogP contribution in [0.1, 0.15) is 24.0 Å². The molecule has 0 saturated heterocycles. The molecule has 2 heteroatoms. The second-order valence-electron chi connectivity index (χ2n) is 4.28. The number of rotatable bonds is 2. The van der Waals surface area contributed by atoms with Crippen LogP contribution < -0.4 is 5.73 Å². The molecule has 0 aromatic heterocycles. The lowest BCUT2D eigenvalue weighted by atomic mass is 10.0. The highest BCUT2D eigenvalue weighted by Crippen LogP contribution is 2.23. The minimum Gasteiger partial charge on any atom is -0.324 e. The van der Waals surface area contributed by atoms with E-state index in [4.69, 9.17) is 5.73 Å². The Labute approximate surface area is 89.8 Å². The molecule has 0 radical (unpaired) electrons. The average Bonchev–Trinajstić information content (AvgIpc) is 2.56. The summed E-state index contributed by atoms with van der Waals surface area (Å²) in [6.07, 6.45) is 5.19. The van der Waals surface area contributed by atoms with Gasteiger partial charge in [-0.25, -0.2) is 4.39 Å². The molecule has 0 saturated carbocycles. The Morgan fingerprint density at radius 3 is 2.87 bits per heavy atom. The van der Waals surface area contributed by atoms with Crippen molar-refractivity contribution in [3.63, 3.8) is 0 Å². The van der Waals surface area contributed by atoms with Crippen LogP contribution in [0, 0.1) is 12.7 Å². The molecule has 2 rings (SSSR count). The van der Waals surface area contributed by atoms with Gasteiger partial charge in [0.25, 0.3) is 0 Å². The second kappa shape index (κ2) is 4.15. The zero-order valence-corrected chi connectivity index (χ0v) is 8.96. The van der Waals surface area contributed by atoms with Crippen molar-refractivity contribution in [2.45, 2.75) is 32.2 Å². The van der Waals surface area contributed by atoms with Gasteiger partial charge in [0, 0.05) is 6.04 Å². The Kier molecular flexibility index (Phi) is 2.87. The average molecular weight is 205 g/mol. The summed E-state index contributed by atoms with van der Waals surface area (Å²) in [7, 11) is 0. The Morgan fingerprint density at radius 1 is 1.47 bits per heavy atom. The number of benzene rings is 1. The first-order valence-electron chi connectivity index (χ1n) is 5.35. The predicted molar refractivity (Wildman–Crippen MR) is 60.1 cm³/mol. The zero-order valence-electron chi connectivity index (χ0n) is 8.96. The van der Waals surface area contributed by atoms with Gasteiger partial charge < -0.3 is 5.73 Å². The van der Waals surface area contributed by atoms with Crippen LogP contribution in [-0.2, 0) is 6.42 Å². The standard InChI is InChI=1S/C13H16FN/c1-9-6-12(14)4-3-11(9)7-10-2-5-13(15)8-10/h3-4,6,8,13H,2,5,7,15H2,1H3. The van der Waals surface area contributed by atoms with E-state index in [1.807, 2.05) is 13.0 Å². The van der Waals surface area contributed by atoms with Gasteiger partial charge in [0.15, 0.2) is 0 Å². The van der Waals surface area contributed by atoms with E-state index >= 15 is 0 Å². The fourth-order valence-corrected chi connectivity index (χ4v) is 2.07. The van der Waals surface area contributed by atoms with Gasteiger partial charge in [0.1, 0.15) is 5.82 Å². The van der Waals surface area contributed by atoms with Crippen LogP contribution in [0.5, 0.6) is 0 Å². The number of nitrogens with two attached hydrogens (primary N) is 1. The van der Waals surface area contributed by atoms with Gasteiger partial charge in [-0.05, 0) is 49.4 Å². The maximum Gasteiger partial charge on any atom is 0.123 e. The first kappa shape index (κ1) is 10.4. The van der Waals surface area contributed by atoms with Crippen molar-refractivity contribution in [3.05, 3.63) is 46.8 Å². The van der Waals surface area contributed by atoms with Crippen molar-refractivity contribution in [2.24, 2.45) is 5.73 Å². The van der Waals surface area contributed by atoms with E-state index < -0.39 is 0 Å². The van der Waals surface area contributed by atoms with Crippen LogP contribution in [0.3, 0.4) is 0 Å². The molecule has 0 bridgehead atoms. The number of halogens is 1. The first-order valence-corrected chi connectivity index (χ1v) is 5.35. The summed E-state index contributed by atoms with van der Waals surface area (Å²) in [6.45, 7) is 1.95. The molecule has 0 heterocycles. The third-order valence-corrected chi connectivity index (χ3v) is 2.97. The maximum atomic E-state index is 12.9. The normalized spacial score (nSPS) is 20.5. The van der Waals surface area contributed by atoms with Crippen molar-refractivity contribution in [1.82, 2.24) is 0 Å². The van der Waals surface area contributed by atoms with Crippen molar-refractivity contribution in [1.29, 1.82) is 0 Å². The molecule has 0 fully saturated rings. The SMILES string of the molecule is Cc1cc(F)ccc1CC1=CC(N)CC1. The van der Waals surface area contributed by atoms with Crippen LogP contribution in [0.4, 0.5) is 4.39 Å². The van der Waals surface area contributed by atoms with Gasteiger partial charge in [0.2, 0.25) is 0 Å². The summed E-state index contributed by atoms with van der Waals surface area (Å²) in [5.41, 5.74) is 9.42. The van der Waals surface area contributed by atoms with Crippen molar-refractivity contribution < 1.29 is 4.39 Å². The number of hydrogen-bond donors (Lipinski definition) is 1. The molecule has 1 aromatic rings. The lowest BCUT2D eigenvalue weighted by Crippen LogP contribution is -2.11. The molecule has 1 aliphatic rings. The van der Waals surface area contributed by atoms with E-state index in [1.54, 1.807) is 6.07 Å². The largest absolute Gasteiger partial charge is 0.324 e. The fraction of sp³-hybridized carbons (Fsp3) is 0.385. The molecular formula is C13H16FN. The highest BCUT2D eigenvalue weighted by atomic mass is 19.1. The molecular weight excluding hydrogens is 189 g/mol. The van der Waals surface area contributed by atoms with Crippen LogP contribution in [0.25, 0.3) is 0 Å². The number of allylic oxidation sites excluding steroid dienone is 1. The molecule has 1 aliphatic carbocycles. The van der Waals surface area contributed by atoms with E-state index in [9.17, 15) is 4.39 Å². The Balaban J connectivity index is 2.14. The summed E-state index contributed by atoms with van der Waals surface area (Å²) in [5, 5.41) is 0. The summed E-state index contributed by atoms with van der Waals surface area (Å²) < 4.78 is 12.9. The van der Waals surface area contributed by atoms with Crippen LogP contribution in [0.2, 0.25) is 0 Å². The lowest BCUT2D eigenvalue weighted by molar-refractivity contribution is 0.625. The smallest absolute Gasteiger partial charge is 0.123 e. The van der Waals surface area contributed by atoms with Gasteiger partial charge in [-0.3, -0.25) is 0 Å². The minimum absolute atomic E-state index is 0.159. The number of hydrogen-bond acceptors (Lipinski definition) is 1. The molecule has 1 nitrogen and oxygen atoms in total. The van der Waals surface area contributed by atoms with Gasteiger partial charge in [-0.15, -0.1) is 0 Å². The van der Waals surface area contributed by atoms with Gasteiger partial charge in [0.05, 0.1) is 0 Å². The molecule has 1 aromatic carbocycles. The molecule has 0 amide bonds. The van der Waals surface area contributed by atoms with Crippen LogP contribution in [-0.4, -0.2) is 6.04 Å². The Morgan fingerprint density at radius 2 is 2.27 bits per heavy atom. The Hall–Kier alpha value is -1.15. The topological polar surface area (TPSA) is 26.0 Å². The molecule has 1 unspecified atom stereocenters. The molecule has 80 valence electrons. The van der Waals surface area contributed by atoms with E-state index in [1.165, 1.54) is 17.2 Å². The van der Waals surface area contributed by atoms with Crippen molar-refractivity contribution >= 4 is 0 Å². The first-order chi connectivity index (χ1) is 7.15. The van der Waals surface area contributed by atoms with Gasteiger partial charge in [-0.2, -0.15) is 0 Å². The van der Waals surface area contributed by atoms with Crippen molar-refractivity contribution in [2.75, 3.05) is 0 Å². The highest BCUT2D eigenvalue weighted by molar-refractivity contribution is 5.32. The summed E-state index contributed by atoms with van der Waals surface area (Å²) in [6, 6.07) is 5.21. The van der Waals surface area contributed by atoms with Crippen LogP contribution in [0.15, 0.2) is 29.8 Å². The van der Waals surface area contributed by atoms with E-state index in [-0.39, 0.29) is 11.9 Å². The van der Waals surface area contributed by atoms with E-state index in [2.05, 4.69) is 6.08 Å². The molecule has 0 aliphatic heterocycles. The highest BCUT2D eigenvalue weighted by Gasteiger charge is 2.12. The van der Waals surface area contributed by atoms with Gasteiger partial charge in [-0.1, -0.05) is 17.7 Å². The number of aryl methyl sites for hydroxylation is 1. The molecule has 2 N–H and O–H groups in total. The molecule has 0 spiro atoms. The van der Waals surface area contributed by atoms with Gasteiger partial charge >= 0.3 is 0 Å². The fourth-order valence-electron chi connectivity index (χ4n) is 2.07. The molecule has 15 heavy (non-hydrogen) atoms. The summed E-state index contributed by atoms with van der Waals surface area (Å²) in [5.74, 6) is -0.159.